The summed E-state index contributed by atoms with van der Waals surface area (Å²) >= 11 is 0. The number of imidazole rings is 1. The normalized spacial score (nSPS) is 14.1. The fourth-order valence-electron chi connectivity index (χ4n) is 2.39. The third-order valence-electron chi connectivity index (χ3n) is 3.55. The summed E-state index contributed by atoms with van der Waals surface area (Å²) in [6.07, 6.45) is 1.05. The van der Waals surface area contributed by atoms with Crippen LogP contribution in [0.3, 0.4) is 0 Å². The standard InChI is InChI=1S/C15H21N3O3/c1-4-16-12(8-14(19)21-3)15(20)10-5-6-13-11(7-10)17-9-18(13)2/h5-7,9,12,15-16,20H,4,8H2,1-3H3. The third-order valence-corrected chi connectivity index (χ3v) is 3.55. The quantitative estimate of drug-likeness (QED) is 0.781. The fraction of sp³-hybridized carbons (Fsp3) is 0.467. The number of ether oxygens (including phenoxy) is 1. The maximum absolute atomic E-state index is 11.5. The lowest BCUT2D eigenvalue weighted by atomic mass is 9.99. The molecule has 2 atom stereocenters. The van der Waals surface area contributed by atoms with E-state index in [9.17, 15) is 9.90 Å². The molecule has 1 heterocycles. The highest BCUT2D eigenvalue weighted by Crippen LogP contribution is 2.23. The third kappa shape index (κ3) is 3.40. The number of nitrogens with one attached hydrogen (secondary N) is 1. The van der Waals surface area contributed by atoms with Crippen molar-refractivity contribution in [1.82, 2.24) is 14.9 Å². The maximum Gasteiger partial charge on any atom is 0.307 e. The Bertz CT molecular complexity index is 624. The zero-order chi connectivity index (χ0) is 15.4. The molecule has 0 radical (unpaired) electrons. The summed E-state index contributed by atoms with van der Waals surface area (Å²) in [6.45, 7) is 2.59. The molecule has 6 nitrogen and oxygen atoms in total. The Balaban J connectivity index is 2.24. The number of rotatable bonds is 6. The summed E-state index contributed by atoms with van der Waals surface area (Å²) in [5.41, 5.74) is 2.55. The van der Waals surface area contributed by atoms with Crippen molar-refractivity contribution in [3.63, 3.8) is 0 Å². The van der Waals surface area contributed by atoms with Crippen molar-refractivity contribution in [3.8, 4) is 0 Å². The van der Waals surface area contributed by atoms with Gasteiger partial charge in [-0.25, -0.2) is 4.98 Å². The number of nitrogens with zero attached hydrogens (tertiary/aromatic N) is 2. The Morgan fingerprint density at radius 3 is 2.95 bits per heavy atom. The molecule has 0 bridgehead atoms. The average molecular weight is 291 g/mol. The number of aryl methyl sites for hydroxylation is 1. The topological polar surface area (TPSA) is 76.4 Å². The van der Waals surface area contributed by atoms with Crippen LogP contribution >= 0.6 is 0 Å². The predicted molar refractivity (Wildman–Crippen MR) is 79.8 cm³/mol. The summed E-state index contributed by atoms with van der Waals surface area (Å²) in [5.74, 6) is -0.348. The Kier molecular flexibility index (Phi) is 4.93. The van der Waals surface area contributed by atoms with Crippen molar-refractivity contribution >= 4 is 17.0 Å². The molecule has 2 rings (SSSR count). The van der Waals surface area contributed by atoms with Gasteiger partial charge >= 0.3 is 5.97 Å². The molecule has 0 amide bonds. The van der Waals surface area contributed by atoms with E-state index in [1.54, 1.807) is 6.33 Å². The first kappa shape index (κ1) is 15.5. The lowest BCUT2D eigenvalue weighted by Gasteiger charge is -2.23. The molecular formula is C15H21N3O3. The van der Waals surface area contributed by atoms with Crippen LogP contribution in [0.5, 0.6) is 0 Å². The summed E-state index contributed by atoms with van der Waals surface area (Å²) < 4.78 is 6.60. The first-order valence-electron chi connectivity index (χ1n) is 6.96. The fourth-order valence-corrected chi connectivity index (χ4v) is 2.39. The average Bonchev–Trinajstić information content (AvgIpc) is 2.86. The maximum atomic E-state index is 11.5. The minimum absolute atomic E-state index is 0.117. The van der Waals surface area contributed by atoms with Crippen molar-refractivity contribution in [2.45, 2.75) is 25.5 Å². The van der Waals surface area contributed by atoms with Gasteiger partial charge in [-0.15, -0.1) is 0 Å². The van der Waals surface area contributed by atoms with Gasteiger partial charge in [0, 0.05) is 13.1 Å². The molecule has 6 heteroatoms. The van der Waals surface area contributed by atoms with Gasteiger partial charge in [-0.05, 0) is 24.2 Å². The Morgan fingerprint density at radius 1 is 1.52 bits per heavy atom. The Morgan fingerprint density at radius 2 is 2.29 bits per heavy atom. The zero-order valence-electron chi connectivity index (χ0n) is 12.5. The van der Waals surface area contributed by atoms with Crippen LogP contribution in [0.25, 0.3) is 11.0 Å². The minimum atomic E-state index is -0.796. The van der Waals surface area contributed by atoms with E-state index in [1.807, 2.05) is 36.7 Å². The number of methoxy groups -OCH3 is 1. The molecule has 2 N–H and O–H groups in total. The number of aliphatic hydroxyl groups is 1. The molecule has 1 aromatic carbocycles. The van der Waals surface area contributed by atoms with E-state index in [-0.39, 0.29) is 18.4 Å². The smallest absolute Gasteiger partial charge is 0.307 e. The van der Waals surface area contributed by atoms with Gasteiger partial charge in [-0.2, -0.15) is 0 Å². The van der Waals surface area contributed by atoms with Gasteiger partial charge in [0.05, 0.1) is 37.0 Å². The van der Waals surface area contributed by atoms with Crippen LogP contribution in [0.1, 0.15) is 25.0 Å². The molecule has 0 fully saturated rings. The van der Waals surface area contributed by atoms with Crippen molar-refractivity contribution in [1.29, 1.82) is 0 Å². The van der Waals surface area contributed by atoms with Gasteiger partial charge in [-0.1, -0.05) is 13.0 Å². The van der Waals surface area contributed by atoms with Crippen molar-refractivity contribution in [2.75, 3.05) is 13.7 Å². The molecule has 2 unspecified atom stereocenters. The number of aromatic nitrogens is 2. The van der Waals surface area contributed by atoms with Crippen molar-refractivity contribution in [3.05, 3.63) is 30.1 Å². The van der Waals surface area contributed by atoms with E-state index < -0.39 is 6.10 Å². The number of likely N-dealkylation sites (N-methyl/N-ethyl adjacent to an activating group) is 1. The number of hydrogen-bond acceptors (Lipinski definition) is 5. The van der Waals surface area contributed by atoms with Crippen LogP contribution in [0, 0.1) is 0 Å². The van der Waals surface area contributed by atoms with Gasteiger partial charge in [0.1, 0.15) is 0 Å². The van der Waals surface area contributed by atoms with Gasteiger partial charge in [0.25, 0.3) is 0 Å². The number of fused-ring (bicyclic) bond motifs is 1. The van der Waals surface area contributed by atoms with Crippen LogP contribution in [0.4, 0.5) is 0 Å². The highest BCUT2D eigenvalue weighted by Gasteiger charge is 2.23. The van der Waals surface area contributed by atoms with Gasteiger partial charge in [0.15, 0.2) is 0 Å². The van der Waals surface area contributed by atoms with E-state index in [0.29, 0.717) is 6.54 Å². The van der Waals surface area contributed by atoms with Crippen LogP contribution in [0.15, 0.2) is 24.5 Å². The molecule has 0 aliphatic carbocycles. The van der Waals surface area contributed by atoms with Gasteiger partial charge in [-0.3, -0.25) is 4.79 Å². The molecule has 1 aromatic heterocycles. The lowest BCUT2D eigenvalue weighted by Crippen LogP contribution is -2.37. The number of hydrogen-bond donors (Lipinski definition) is 2. The number of esters is 1. The predicted octanol–water partition coefficient (Wildman–Crippen LogP) is 1.15. The van der Waals surface area contributed by atoms with Crippen LogP contribution in [0.2, 0.25) is 0 Å². The molecular weight excluding hydrogens is 270 g/mol. The summed E-state index contributed by atoms with van der Waals surface area (Å²) in [6, 6.07) is 5.24. The second kappa shape index (κ2) is 6.69. The SMILES string of the molecule is CCNC(CC(=O)OC)C(O)c1ccc2c(c1)ncn2C. The minimum Gasteiger partial charge on any atom is -0.469 e. The molecule has 0 spiro atoms. The lowest BCUT2D eigenvalue weighted by molar-refractivity contribution is -0.142. The molecule has 0 saturated carbocycles. The van der Waals surface area contributed by atoms with E-state index in [0.717, 1.165) is 16.6 Å². The highest BCUT2D eigenvalue weighted by molar-refractivity contribution is 5.76. The van der Waals surface area contributed by atoms with Gasteiger partial charge in [0.2, 0.25) is 0 Å². The van der Waals surface area contributed by atoms with E-state index in [4.69, 9.17) is 0 Å². The molecule has 114 valence electrons. The summed E-state index contributed by atoms with van der Waals surface area (Å²) in [7, 11) is 3.27. The summed E-state index contributed by atoms with van der Waals surface area (Å²) in [5, 5.41) is 13.6. The zero-order valence-corrected chi connectivity index (χ0v) is 12.5. The Labute approximate surface area is 123 Å². The molecule has 0 aliphatic rings. The second-order valence-electron chi connectivity index (χ2n) is 4.99. The van der Waals surface area contributed by atoms with Gasteiger partial charge < -0.3 is 19.7 Å². The Hall–Kier alpha value is -1.92. The first-order valence-corrected chi connectivity index (χ1v) is 6.96. The monoisotopic (exact) mass is 291 g/mol. The number of benzene rings is 1. The molecule has 0 aliphatic heterocycles. The van der Waals surface area contributed by atoms with Crippen LogP contribution in [-0.2, 0) is 16.6 Å². The number of aliphatic hydroxyl groups excluding tert-OH is 1. The van der Waals surface area contributed by atoms with Crippen LogP contribution in [-0.4, -0.2) is 40.3 Å². The highest BCUT2D eigenvalue weighted by atomic mass is 16.5. The van der Waals surface area contributed by atoms with Crippen molar-refractivity contribution < 1.29 is 14.6 Å². The van der Waals surface area contributed by atoms with Crippen LogP contribution < -0.4 is 5.32 Å². The largest absolute Gasteiger partial charge is 0.469 e. The number of carbonyl (C=O) groups excluding carboxylic acids is 1. The molecule has 0 saturated heterocycles. The molecule has 2 aromatic rings. The summed E-state index contributed by atoms with van der Waals surface area (Å²) in [4.78, 5) is 15.7. The van der Waals surface area contributed by atoms with E-state index >= 15 is 0 Å². The van der Waals surface area contributed by atoms with E-state index in [2.05, 4.69) is 15.0 Å². The van der Waals surface area contributed by atoms with E-state index in [1.165, 1.54) is 7.11 Å². The second-order valence-corrected chi connectivity index (χ2v) is 4.99. The molecule has 21 heavy (non-hydrogen) atoms. The number of carbonyl (C=O) groups is 1. The first-order chi connectivity index (χ1) is 10.1. The van der Waals surface area contributed by atoms with Crippen molar-refractivity contribution in [2.24, 2.45) is 7.05 Å².